The smallest absolute Gasteiger partial charge is 0.416 e. The Morgan fingerprint density at radius 2 is 2.00 bits per heavy atom. The molecule has 0 aliphatic carbocycles. The molecule has 0 radical (unpaired) electrons. The second-order valence-corrected chi connectivity index (χ2v) is 6.86. The maximum atomic E-state index is 12.6. The topological polar surface area (TPSA) is 83.5 Å². The maximum absolute atomic E-state index is 12.6. The molecular weight excluding hydrogens is 335 g/mol. The quantitative estimate of drug-likeness (QED) is 0.753. The van der Waals surface area contributed by atoms with E-state index in [9.17, 15) is 26.4 Å². The number of aliphatic carboxylic acids is 1. The van der Waals surface area contributed by atoms with E-state index in [4.69, 9.17) is 5.11 Å². The number of sulfonamides is 1. The molecule has 0 bridgehead atoms. The molecule has 5 nitrogen and oxygen atoms in total. The predicted octanol–water partition coefficient (Wildman–Crippen LogP) is 2.77. The van der Waals surface area contributed by atoms with Crippen molar-refractivity contribution >= 4 is 16.0 Å². The van der Waals surface area contributed by atoms with Crippen LogP contribution in [0.5, 0.6) is 0 Å². The van der Waals surface area contributed by atoms with Crippen LogP contribution in [0.2, 0.25) is 0 Å². The Morgan fingerprint density at radius 1 is 1.35 bits per heavy atom. The van der Waals surface area contributed by atoms with Gasteiger partial charge in [-0.05, 0) is 18.1 Å². The van der Waals surface area contributed by atoms with E-state index >= 15 is 0 Å². The van der Waals surface area contributed by atoms with Crippen LogP contribution in [0.25, 0.3) is 0 Å². The Labute approximate surface area is 132 Å². The van der Waals surface area contributed by atoms with Crippen LogP contribution < -0.4 is 4.72 Å². The van der Waals surface area contributed by atoms with Gasteiger partial charge in [0.25, 0.3) is 0 Å². The molecule has 0 saturated heterocycles. The molecule has 2 N–H and O–H groups in total. The molecule has 0 spiro atoms. The molecule has 1 aromatic carbocycles. The zero-order valence-electron chi connectivity index (χ0n) is 12.4. The molecule has 1 atom stereocenters. The number of rotatable bonds is 8. The van der Waals surface area contributed by atoms with Gasteiger partial charge in [-0.15, -0.1) is 0 Å². The Hall–Kier alpha value is -1.61. The van der Waals surface area contributed by atoms with E-state index < -0.39 is 39.5 Å². The summed E-state index contributed by atoms with van der Waals surface area (Å²) in [6.07, 6.45) is -3.24. The number of alkyl halides is 3. The molecule has 130 valence electrons. The highest BCUT2D eigenvalue weighted by molar-refractivity contribution is 7.88. The maximum Gasteiger partial charge on any atom is 0.416 e. The standard InChI is InChI=1S/C14H18F3NO4S/c1-2-3-7-12(13(19)20)18-23(21,22)9-10-5-4-6-11(8-10)14(15,16)17/h4-6,8,12,18H,2-3,7,9H2,1H3,(H,19,20). The first-order chi connectivity index (χ1) is 10.5. The van der Waals surface area contributed by atoms with E-state index in [1.54, 1.807) is 0 Å². The van der Waals surface area contributed by atoms with Gasteiger partial charge >= 0.3 is 12.1 Å². The van der Waals surface area contributed by atoms with Crippen molar-refractivity contribution in [3.8, 4) is 0 Å². The number of carboxylic acid groups (broad SMARTS) is 1. The van der Waals surface area contributed by atoms with Crippen molar-refractivity contribution in [2.45, 2.75) is 44.2 Å². The van der Waals surface area contributed by atoms with Gasteiger partial charge in [0.15, 0.2) is 0 Å². The van der Waals surface area contributed by atoms with Crippen LogP contribution >= 0.6 is 0 Å². The largest absolute Gasteiger partial charge is 0.480 e. The summed E-state index contributed by atoms with van der Waals surface area (Å²) in [5, 5.41) is 9.00. The van der Waals surface area contributed by atoms with Gasteiger partial charge in [-0.2, -0.15) is 13.2 Å². The highest BCUT2D eigenvalue weighted by Crippen LogP contribution is 2.29. The van der Waals surface area contributed by atoms with Crippen LogP contribution in [0.15, 0.2) is 24.3 Å². The zero-order chi connectivity index (χ0) is 17.7. The van der Waals surface area contributed by atoms with Crippen LogP contribution in [-0.2, 0) is 26.7 Å². The summed E-state index contributed by atoms with van der Waals surface area (Å²) in [7, 11) is -4.07. The minimum absolute atomic E-state index is 0.0630. The van der Waals surface area contributed by atoms with Crippen molar-refractivity contribution in [2.24, 2.45) is 0 Å². The van der Waals surface area contributed by atoms with E-state index in [0.717, 1.165) is 18.2 Å². The third-order valence-corrected chi connectivity index (χ3v) is 4.43. The molecule has 1 aromatic rings. The Morgan fingerprint density at radius 3 is 2.52 bits per heavy atom. The lowest BCUT2D eigenvalue weighted by atomic mass is 10.1. The first-order valence-corrected chi connectivity index (χ1v) is 8.59. The van der Waals surface area contributed by atoms with E-state index in [2.05, 4.69) is 0 Å². The number of nitrogens with one attached hydrogen (secondary N) is 1. The molecule has 0 aliphatic heterocycles. The third kappa shape index (κ3) is 6.57. The number of carboxylic acids is 1. The fourth-order valence-corrected chi connectivity index (χ4v) is 3.31. The second kappa shape index (κ2) is 7.78. The van der Waals surface area contributed by atoms with Crippen molar-refractivity contribution in [2.75, 3.05) is 0 Å². The first-order valence-electron chi connectivity index (χ1n) is 6.94. The minimum Gasteiger partial charge on any atom is -0.480 e. The highest BCUT2D eigenvalue weighted by Gasteiger charge is 2.31. The summed E-state index contributed by atoms with van der Waals surface area (Å²) in [6, 6.07) is 2.65. The van der Waals surface area contributed by atoms with Gasteiger partial charge < -0.3 is 5.11 Å². The van der Waals surface area contributed by atoms with Crippen LogP contribution in [0.4, 0.5) is 13.2 Å². The number of halogens is 3. The van der Waals surface area contributed by atoms with Crippen LogP contribution in [0.3, 0.4) is 0 Å². The second-order valence-electron chi connectivity index (χ2n) is 5.11. The molecule has 1 rings (SSSR count). The van der Waals surface area contributed by atoms with Gasteiger partial charge in [0.05, 0.1) is 11.3 Å². The van der Waals surface area contributed by atoms with Gasteiger partial charge in [-0.3, -0.25) is 4.79 Å². The molecule has 23 heavy (non-hydrogen) atoms. The highest BCUT2D eigenvalue weighted by atomic mass is 32.2. The molecule has 0 aliphatic rings. The van der Waals surface area contributed by atoms with E-state index in [1.807, 2.05) is 11.6 Å². The molecule has 0 fully saturated rings. The summed E-state index contributed by atoms with van der Waals surface area (Å²) in [4.78, 5) is 11.0. The molecule has 0 aromatic heterocycles. The van der Waals surface area contributed by atoms with Gasteiger partial charge in [-0.1, -0.05) is 38.0 Å². The minimum atomic E-state index is -4.57. The normalized spacial score (nSPS) is 13.7. The number of unbranched alkanes of at least 4 members (excludes halogenated alkanes) is 1. The molecule has 1 unspecified atom stereocenters. The van der Waals surface area contributed by atoms with Gasteiger partial charge in [0, 0.05) is 0 Å². The lowest BCUT2D eigenvalue weighted by Crippen LogP contribution is -2.41. The Balaban J connectivity index is 2.87. The SMILES string of the molecule is CCCCC(NS(=O)(=O)Cc1cccc(C(F)(F)F)c1)C(=O)O. The molecule has 0 saturated carbocycles. The summed E-state index contributed by atoms with van der Waals surface area (Å²) in [5.74, 6) is -2.03. The Bertz CT molecular complexity index is 644. The predicted molar refractivity (Wildman–Crippen MR) is 78.2 cm³/mol. The molecular formula is C14H18F3NO4S. The van der Waals surface area contributed by atoms with Gasteiger partial charge in [0.2, 0.25) is 10.0 Å². The van der Waals surface area contributed by atoms with Gasteiger partial charge in [-0.25, -0.2) is 13.1 Å². The summed E-state index contributed by atoms with van der Waals surface area (Å²) in [6.45, 7) is 1.83. The fourth-order valence-electron chi connectivity index (χ4n) is 1.96. The summed E-state index contributed by atoms with van der Waals surface area (Å²) >= 11 is 0. The van der Waals surface area contributed by atoms with Crippen molar-refractivity contribution in [1.82, 2.24) is 4.72 Å². The Kier molecular flexibility index (Phi) is 6.57. The van der Waals surface area contributed by atoms with E-state index in [-0.39, 0.29) is 12.0 Å². The molecule has 0 amide bonds. The average Bonchev–Trinajstić information content (AvgIpc) is 2.42. The van der Waals surface area contributed by atoms with Crippen LogP contribution in [-0.4, -0.2) is 25.5 Å². The number of hydrogen-bond acceptors (Lipinski definition) is 3. The van der Waals surface area contributed by atoms with Crippen LogP contribution in [0.1, 0.15) is 37.3 Å². The lowest BCUT2D eigenvalue weighted by Gasteiger charge is -2.15. The summed E-state index contributed by atoms with van der Waals surface area (Å²) in [5.41, 5.74) is -1.02. The third-order valence-electron chi connectivity index (χ3n) is 3.08. The van der Waals surface area contributed by atoms with Gasteiger partial charge in [0.1, 0.15) is 6.04 Å². The monoisotopic (exact) mass is 353 g/mol. The zero-order valence-corrected chi connectivity index (χ0v) is 13.2. The fraction of sp³-hybridized carbons (Fsp3) is 0.500. The number of hydrogen-bond donors (Lipinski definition) is 2. The summed E-state index contributed by atoms with van der Waals surface area (Å²) < 4.78 is 63.8. The van der Waals surface area contributed by atoms with Crippen LogP contribution in [0, 0.1) is 0 Å². The first kappa shape index (κ1) is 19.4. The van der Waals surface area contributed by atoms with E-state index in [0.29, 0.717) is 12.8 Å². The van der Waals surface area contributed by atoms with Crippen molar-refractivity contribution < 1.29 is 31.5 Å². The van der Waals surface area contributed by atoms with Crippen molar-refractivity contribution in [3.63, 3.8) is 0 Å². The van der Waals surface area contributed by atoms with Crippen molar-refractivity contribution in [3.05, 3.63) is 35.4 Å². The number of benzene rings is 1. The van der Waals surface area contributed by atoms with E-state index in [1.165, 1.54) is 6.07 Å². The molecule has 0 heterocycles. The average molecular weight is 353 g/mol. The van der Waals surface area contributed by atoms with Crippen molar-refractivity contribution in [1.29, 1.82) is 0 Å². The lowest BCUT2D eigenvalue weighted by molar-refractivity contribution is -0.139. The number of carbonyl (C=O) groups is 1. The molecule has 9 heteroatoms.